The number of carbonyl (C=O) groups excluding carboxylic acids is 1. The Morgan fingerprint density at radius 1 is 1.32 bits per heavy atom. The Bertz CT molecular complexity index is 411. The first-order chi connectivity index (χ1) is 9.20. The zero-order valence-corrected chi connectivity index (χ0v) is 11.7. The predicted octanol–water partition coefficient (Wildman–Crippen LogP) is 1.16. The van der Waals surface area contributed by atoms with Gasteiger partial charge >= 0.3 is 5.97 Å². The van der Waals surface area contributed by atoms with Gasteiger partial charge in [-0.3, -0.25) is 9.69 Å². The molecule has 1 atom stereocenters. The van der Waals surface area contributed by atoms with Crippen LogP contribution >= 0.6 is 0 Å². The summed E-state index contributed by atoms with van der Waals surface area (Å²) in [4.78, 5) is 14.3. The van der Waals surface area contributed by atoms with Crippen molar-refractivity contribution in [3.05, 3.63) is 35.4 Å². The zero-order chi connectivity index (χ0) is 13.7. The lowest BCUT2D eigenvalue weighted by atomic mass is 9.97. The Morgan fingerprint density at radius 3 is 2.53 bits per heavy atom. The van der Waals surface area contributed by atoms with Gasteiger partial charge in [0.2, 0.25) is 0 Å². The molecule has 0 aromatic heterocycles. The molecule has 0 amide bonds. The average Bonchev–Trinajstić information content (AvgIpc) is 2.46. The molecule has 1 aromatic carbocycles. The fraction of sp³-hybridized carbons (Fsp3) is 0.533. The van der Waals surface area contributed by atoms with E-state index in [1.807, 2.05) is 31.2 Å². The minimum absolute atomic E-state index is 0.151. The van der Waals surface area contributed by atoms with E-state index in [0.717, 1.165) is 38.3 Å². The number of hydrogen-bond donors (Lipinski definition) is 1. The highest BCUT2D eigenvalue weighted by Crippen LogP contribution is 2.20. The van der Waals surface area contributed by atoms with E-state index in [-0.39, 0.29) is 11.9 Å². The van der Waals surface area contributed by atoms with Gasteiger partial charge in [-0.2, -0.15) is 0 Å². The molecule has 2 rings (SSSR count). The average molecular weight is 262 g/mol. The molecule has 1 fully saturated rings. The monoisotopic (exact) mass is 262 g/mol. The van der Waals surface area contributed by atoms with Crippen LogP contribution in [0.5, 0.6) is 0 Å². The fourth-order valence-electron chi connectivity index (χ4n) is 2.41. The van der Waals surface area contributed by atoms with Crippen LogP contribution in [0, 0.1) is 6.92 Å². The zero-order valence-electron chi connectivity index (χ0n) is 11.7. The van der Waals surface area contributed by atoms with Gasteiger partial charge in [-0.25, -0.2) is 0 Å². The van der Waals surface area contributed by atoms with Gasteiger partial charge in [0.15, 0.2) is 0 Å². The van der Waals surface area contributed by atoms with Crippen molar-refractivity contribution in [1.29, 1.82) is 0 Å². The van der Waals surface area contributed by atoms with Crippen molar-refractivity contribution in [2.75, 3.05) is 39.8 Å². The van der Waals surface area contributed by atoms with Crippen molar-refractivity contribution in [3.63, 3.8) is 0 Å². The summed E-state index contributed by atoms with van der Waals surface area (Å²) in [6.45, 7) is 6.73. The standard InChI is InChI=1S/C15H22N2O2/c1-12-3-5-13(6-4-12)14(15(18)19-2)11-17-9-7-16-8-10-17/h3-6,14,16H,7-11H2,1-2H3. The quantitative estimate of drug-likeness (QED) is 0.827. The molecule has 104 valence electrons. The molecule has 0 saturated carbocycles. The number of hydrogen-bond acceptors (Lipinski definition) is 4. The number of ether oxygens (including phenoxy) is 1. The van der Waals surface area contributed by atoms with Gasteiger partial charge in [0.05, 0.1) is 13.0 Å². The van der Waals surface area contributed by atoms with Crippen LogP contribution in [0.25, 0.3) is 0 Å². The van der Waals surface area contributed by atoms with E-state index in [1.54, 1.807) is 0 Å². The second-order valence-electron chi connectivity index (χ2n) is 5.04. The molecule has 1 aromatic rings. The van der Waals surface area contributed by atoms with Gasteiger partial charge in [0.1, 0.15) is 0 Å². The fourth-order valence-corrected chi connectivity index (χ4v) is 2.41. The number of aryl methyl sites for hydroxylation is 1. The van der Waals surface area contributed by atoms with Crippen LogP contribution in [0.1, 0.15) is 17.0 Å². The van der Waals surface area contributed by atoms with Crippen LogP contribution in [0.15, 0.2) is 24.3 Å². The van der Waals surface area contributed by atoms with Gasteiger partial charge in [-0.05, 0) is 12.5 Å². The molecule has 4 heteroatoms. The topological polar surface area (TPSA) is 41.6 Å². The molecule has 4 nitrogen and oxygen atoms in total. The Labute approximate surface area is 114 Å². The van der Waals surface area contributed by atoms with E-state index < -0.39 is 0 Å². The van der Waals surface area contributed by atoms with Crippen molar-refractivity contribution < 1.29 is 9.53 Å². The van der Waals surface area contributed by atoms with Gasteiger partial charge in [0.25, 0.3) is 0 Å². The number of carbonyl (C=O) groups is 1. The first-order valence-corrected chi connectivity index (χ1v) is 6.78. The van der Waals surface area contributed by atoms with Crippen molar-refractivity contribution in [2.45, 2.75) is 12.8 Å². The lowest BCUT2D eigenvalue weighted by Crippen LogP contribution is -2.45. The van der Waals surface area contributed by atoms with E-state index in [9.17, 15) is 4.79 Å². The summed E-state index contributed by atoms with van der Waals surface area (Å²) in [7, 11) is 1.46. The second kappa shape index (κ2) is 6.68. The maximum Gasteiger partial charge on any atom is 0.314 e. The molecule has 0 bridgehead atoms. The molecule has 1 N–H and O–H groups in total. The summed E-state index contributed by atoms with van der Waals surface area (Å²) in [5.74, 6) is -0.342. The molecule has 1 saturated heterocycles. The molecule has 0 aliphatic carbocycles. The van der Waals surface area contributed by atoms with Crippen LogP contribution < -0.4 is 5.32 Å². The molecule has 1 heterocycles. The minimum atomic E-state index is -0.191. The SMILES string of the molecule is COC(=O)C(CN1CCNCC1)c1ccc(C)cc1. The maximum absolute atomic E-state index is 12.0. The Kier molecular flexibility index (Phi) is 4.93. The summed E-state index contributed by atoms with van der Waals surface area (Å²) >= 11 is 0. The summed E-state index contributed by atoms with van der Waals surface area (Å²) in [6, 6.07) is 8.14. The molecule has 19 heavy (non-hydrogen) atoms. The highest BCUT2D eigenvalue weighted by atomic mass is 16.5. The van der Waals surface area contributed by atoms with Crippen molar-refractivity contribution >= 4 is 5.97 Å². The van der Waals surface area contributed by atoms with Crippen LogP contribution in [-0.4, -0.2) is 50.7 Å². The smallest absolute Gasteiger partial charge is 0.314 e. The Balaban J connectivity index is 2.10. The third kappa shape index (κ3) is 3.78. The first-order valence-electron chi connectivity index (χ1n) is 6.78. The number of benzene rings is 1. The van der Waals surface area contributed by atoms with Crippen LogP contribution in [0.2, 0.25) is 0 Å². The molecule has 0 radical (unpaired) electrons. The van der Waals surface area contributed by atoms with E-state index in [4.69, 9.17) is 4.74 Å². The number of piperazine rings is 1. The van der Waals surface area contributed by atoms with Gasteiger partial charge in [-0.1, -0.05) is 29.8 Å². The summed E-state index contributed by atoms with van der Waals surface area (Å²) in [5.41, 5.74) is 2.24. The Hall–Kier alpha value is -1.39. The lowest BCUT2D eigenvalue weighted by molar-refractivity contribution is -0.143. The van der Waals surface area contributed by atoms with Gasteiger partial charge in [0, 0.05) is 32.7 Å². The third-order valence-corrected chi connectivity index (χ3v) is 3.62. The van der Waals surface area contributed by atoms with Crippen molar-refractivity contribution in [2.24, 2.45) is 0 Å². The van der Waals surface area contributed by atoms with E-state index in [2.05, 4.69) is 10.2 Å². The first kappa shape index (κ1) is 14.0. The molecule has 1 aliphatic heterocycles. The number of rotatable bonds is 4. The minimum Gasteiger partial charge on any atom is -0.469 e. The maximum atomic E-state index is 12.0. The molecule has 1 aliphatic rings. The van der Waals surface area contributed by atoms with Gasteiger partial charge < -0.3 is 10.1 Å². The summed E-state index contributed by atoms with van der Waals surface area (Å²) in [6.07, 6.45) is 0. The molecule has 0 spiro atoms. The molecular formula is C15H22N2O2. The predicted molar refractivity (Wildman–Crippen MR) is 75.2 cm³/mol. The number of nitrogens with zero attached hydrogens (tertiary/aromatic N) is 1. The van der Waals surface area contributed by atoms with E-state index in [0.29, 0.717) is 0 Å². The number of nitrogens with one attached hydrogen (secondary N) is 1. The third-order valence-electron chi connectivity index (χ3n) is 3.62. The largest absolute Gasteiger partial charge is 0.469 e. The van der Waals surface area contributed by atoms with Gasteiger partial charge in [-0.15, -0.1) is 0 Å². The number of methoxy groups -OCH3 is 1. The van der Waals surface area contributed by atoms with Crippen LogP contribution in [0.4, 0.5) is 0 Å². The highest BCUT2D eigenvalue weighted by molar-refractivity contribution is 5.78. The Morgan fingerprint density at radius 2 is 1.95 bits per heavy atom. The van der Waals surface area contributed by atoms with Crippen molar-refractivity contribution in [1.82, 2.24) is 10.2 Å². The summed E-state index contributed by atoms with van der Waals surface area (Å²) in [5, 5.41) is 3.32. The van der Waals surface area contributed by atoms with Crippen LogP contribution in [0.3, 0.4) is 0 Å². The second-order valence-corrected chi connectivity index (χ2v) is 5.04. The lowest BCUT2D eigenvalue weighted by Gasteiger charge is -2.30. The number of esters is 1. The molecule has 1 unspecified atom stereocenters. The van der Waals surface area contributed by atoms with E-state index in [1.165, 1.54) is 12.7 Å². The van der Waals surface area contributed by atoms with Crippen molar-refractivity contribution in [3.8, 4) is 0 Å². The van der Waals surface area contributed by atoms with E-state index >= 15 is 0 Å². The summed E-state index contributed by atoms with van der Waals surface area (Å²) < 4.78 is 4.96. The highest BCUT2D eigenvalue weighted by Gasteiger charge is 2.24. The molecular weight excluding hydrogens is 240 g/mol. The normalized spacial score (nSPS) is 18.0. The van der Waals surface area contributed by atoms with Crippen LogP contribution in [-0.2, 0) is 9.53 Å².